The summed E-state index contributed by atoms with van der Waals surface area (Å²) in [6, 6.07) is 17.4. The maximum atomic E-state index is 14.1. The zero-order chi connectivity index (χ0) is 24.2. The fraction of sp³-hybridized carbons (Fsp3) is 0.0800. The summed E-state index contributed by atoms with van der Waals surface area (Å²) in [5.41, 5.74) is 0.932. The largest absolute Gasteiger partial charge is 0.493 e. The summed E-state index contributed by atoms with van der Waals surface area (Å²) in [6.07, 6.45) is 1.49. The van der Waals surface area contributed by atoms with E-state index in [4.69, 9.17) is 21.1 Å². The van der Waals surface area contributed by atoms with Gasteiger partial charge in [-0.15, -0.1) is 0 Å². The summed E-state index contributed by atoms with van der Waals surface area (Å²) >= 11 is 6.77. The lowest BCUT2D eigenvalue weighted by Gasteiger charge is -2.14. The normalized spacial score (nSPS) is 14.6. The van der Waals surface area contributed by atoms with E-state index in [1.165, 1.54) is 37.5 Å². The highest BCUT2D eigenvalue weighted by Crippen LogP contribution is 2.36. The molecule has 3 aromatic carbocycles. The molecule has 3 aromatic rings. The average Bonchev–Trinajstić information content (AvgIpc) is 3.09. The number of imide groups is 1. The SMILES string of the molecule is COc1ccc(/C=C2\SC(=O)N(Cc3c(F)cccc3Cl)C2=O)cc1OC(=O)c1ccccc1. The lowest BCUT2D eigenvalue weighted by molar-refractivity contribution is -0.123. The van der Waals surface area contributed by atoms with E-state index >= 15 is 0 Å². The molecule has 0 aliphatic carbocycles. The Kier molecular flexibility index (Phi) is 7.00. The first kappa shape index (κ1) is 23.5. The van der Waals surface area contributed by atoms with Gasteiger partial charge in [-0.2, -0.15) is 0 Å². The van der Waals surface area contributed by atoms with Gasteiger partial charge in [0, 0.05) is 10.6 Å². The second kappa shape index (κ2) is 10.1. The van der Waals surface area contributed by atoms with Crippen LogP contribution in [0.2, 0.25) is 5.02 Å². The lowest BCUT2D eigenvalue weighted by Crippen LogP contribution is -2.28. The van der Waals surface area contributed by atoms with Crippen LogP contribution < -0.4 is 9.47 Å². The van der Waals surface area contributed by atoms with Gasteiger partial charge in [-0.25, -0.2) is 9.18 Å². The van der Waals surface area contributed by atoms with Crippen LogP contribution >= 0.6 is 23.4 Å². The van der Waals surface area contributed by atoms with E-state index in [9.17, 15) is 18.8 Å². The molecule has 0 saturated carbocycles. The number of hydrogen-bond donors (Lipinski definition) is 0. The van der Waals surface area contributed by atoms with E-state index in [0.717, 1.165) is 16.7 Å². The number of hydrogen-bond acceptors (Lipinski definition) is 6. The van der Waals surface area contributed by atoms with Gasteiger partial charge in [-0.05, 0) is 59.8 Å². The van der Waals surface area contributed by atoms with E-state index in [1.807, 2.05) is 0 Å². The number of halogens is 2. The van der Waals surface area contributed by atoms with E-state index in [1.54, 1.807) is 42.5 Å². The number of benzene rings is 3. The van der Waals surface area contributed by atoms with Crippen molar-refractivity contribution in [3.05, 3.63) is 99.2 Å². The molecule has 0 aromatic heterocycles. The first-order valence-electron chi connectivity index (χ1n) is 10.0. The van der Waals surface area contributed by atoms with Crippen LogP contribution in [0.25, 0.3) is 6.08 Å². The number of methoxy groups -OCH3 is 1. The molecule has 6 nitrogen and oxygen atoms in total. The number of thioether (sulfide) groups is 1. The molecule has 1 saturated heterocycles. The minimum atomic E-state index is -0.601. The van der Waals surface area contributed by atoms with Gasteiger partial charge < -0.3 is 9.47 Å². The topological polar surface area (TPSA) is 72.9 Å². The highest BCUT2D eigenvalue weighted by atomic mass is 35.5. The van der Waals surface area contributed by atoms with Gasteiger partial charge in [-0.1, -0.05) is 41.9 Å². The van der Waals surface area contributed by atoms with E-state index in [0.29, 0.717) is 16.9 Å². The minimum Gasteiger partial charge on any atom is -0.493 e. The number of carbonyl (C=O) groups excluding carboxylic acids is 3. The van der Waals surface area contributed by atoms with E-state index in [-0.39, 0.29) is 27.8 Å². The number of esters is 1. The Balaban J connectivity index is 1.58. The van der Waals surface area contributed by atoms with Crippen molar-refractivity contribution in [2.45, 2.75) is 6.54 Å². The Morgan fingerprint density at radius 3 is 2.53 bits per heavy atom. The Labute approximate surface area is 203 Å². The minimum absolute atomic E-state index is 0.0623. The number of amides is 2. The lowest BCUT2D eigenvalue weighted by atomic mass is 10.1. The van der Waals surface area contributed by atoms with Crippen LogP contribution in [-0.4, -0.2) is 29.1 Å². The first-order chi connectivity index (χ1) is 16.4. The van der Waals surface area contributed by atoms with Crippen molar-refractivity contribution >= 4 is 46.6 Å². The molecule has 1 fully saturated rings. The smallest absolute Gasteiger partial charge is 0.343 e. The van der Waals surface area contributed by atoms with E-state index in [2.05, 4.69) is 0 Å². The molecule has 0 unspecified atom stereocenters. The summed E-state index contributed by atoms with van der Waals surface area (Å²) in [5.74, 6) is -1.27. The van der Waals surface area contributed by atoms with Crippen LogP contribution in [0, 0.1) is 5.82 Å². The molecule has 0 atom stereocenters. The Bertz CT molecular complexity index is 1290. The van der Waals surface area contributed by atoms with Crippen LogP contribution in [0.3, 0.4) is 0 Å². The summed E-state index contributed by atoms with van der Waals surface area (Å²) in [6.45, 7) is -0.282. The maximum absolute atomic E-state index is 14.1. The average molecular weight is 498 g/mol. The zero-order valence-corrected chi connectivity index (χ0v) is 19.4. The second-order valence-corrected chi connectivity index (χ2v) is 8.53. The summed E-state index contributed by atoms with van der Waals surface area (Å²) in [7, 11) is 1.44. The van der Waals surface area contributed by atoms with Crippen LogP contribution in [0.4, 0.5) is 9.18 Å². The molecule has 0 spiro atoms. The van der Waals surface area contributed by atoms with Gasteiger partial charge in [-0.3, -0.25) is 14.5 Å². The Hall–Kier alpha value is -3.62. The summed E-state index contributed by atoms with van der Waals surface area (Å²) < 4.78 is 24.9. The second-order valence-electron chi connectivity index (χ2n) is 7.13. The van der Waals surface area contributed by atoms with Gasteiger partial charge >= 0.3 is 5.97 Å². The standard InChI is InChI=1S/C25H17ClFNO5S/c1-32-20-11-10-15(12-21(20)33-24(30)16-6-3-2-4-7-16)13-22-23(29)28(25(31)34-22)14-17-18(26)8-5-9-19(17)27/h2-13H,14H2,1H3/b22-13-. The highest BCUT2D eigenvalue weighted by molar-refractivity contribution is 8.18. The van der Waals surface area contributed by atoms with Crippen molar-refractivity contribution in [2.75, 3.05) is 7.11 Å². The third-order valence-corrected chi connectivity index (χ3v) is 6.21. The number of ether oxygens (including phenoxy) is 2. The van der Waals surface area contributed by atoms with Gasteiger partial charge in [0.2, 0.25) is 0 Å². The predicted molar refractivity (Wildman–Crippen MR) is 127 cm³/mol. The molecule has 1 aliphatic rings. The van der Waals surface area contributed by atoms with Crippen LogP contribution in [0.15, 0.2) is 71.6 Å². The molecular weight excluding hydrogens is 481 g/mol. The molecule has 34 heavy (non-hydrogen) atoms. The molecule has 172 valence electrons. The predicted octanol–water partition coefficient (Wildman–Crippen LogP) is 5.94. The maximum Gasteiger partial charge on any atom is 0.343 e. The Morgan fingerprint density at radius 2 is 1.82 bits per heavy atom. The van der Waals surface area contributed by atoms with Crippen LogP contribution in [0.5, 0.6) is 11.5 Å². The van der Waals surface area contributed by atoms with Crippen LogP contribution in [-0.2, 0) is 11.3 Å². The van der Waals surface area contributed by atoms with Crippen molar-refractivity contribution in [1.82, 2.24) is 4.90 Å². The molecule has 0 N–H and O–H groups in total. The third-order valence-electron chi connectivity index (χ3n) is 4.95. The van der Waals surface area contributed by atoms with Gasteiger partial charge in [0.05, 0.1) is 24.1 Å². The molecule has 0 radical (unpaired) electrons. The van der Waals surface area contributed by atoms with Crippen molar-refractivity contribution in [3.63, 3.8) is 0 Å². The fourth-order valence-electron chi connectivity index (χ4n) is 3.23. The molecule has 9 heteroatoms. The molecule has 1 aliphatic heterocycles. The summed E-state index contributed by atoms with van der Waals surface area (Å²) in [5, 5.41) is -0.414. The summed E-state index contributed by atoms with van der Waals surface area (Å²) in [4.78, 5) is 38.8. The molecule has 0 bridgehead atoms. The number of rotatable bonds is 6. The number of carbonyl (C=O) groups is 3. The van der Waals surface area contributed by atoms with Crippen molar-refractivity contribution < 1.29 is 28.2 Å². The third kappa shape index (κ3) is 4.98. The number of nitrogens with zero attached hydrogens (tertiary/aromatic N) is 1. The zero-order valence-electron chi connectivity index (χ0n) is 17.8. The highest BCUT2D eigenvalue weighted by Gasteiger charge is 2.36. The molecule has 1 heterocycles. The molecule has 4 rings (SSSR count). The van der Waals surface area contributed by atoms with Crippen molar-refractivity contribution in [2.24, 2.45) is 0 Å². The van der Waals surface area contributed by atoms with Crippen molar-refractivity contribution in [1.29, 1.82) is 0 Å². The van der Waals surface area contributed by atoms with Gasteiger partial charge in [0.1, 0.15) is 5.82 Å². The quantitative estimate of drug-likeness (QED) is 0.238. The van der Waals surface area contributed by atoms with Crippen LogP contribution in [0.1, 0.15) is 21.5 Å². The molecular formula is C25H17ClFNO5S. The first-order valence-corrected chi connectivity index (χ1v) is 11.2. The van der Waals surface area contributed by atoms with Gasteiger partial charge in [0.25, 0.3) is 11.1 Å². The molecule has 2 amide bonds. The van der Waals surface area contributed by atoms with Gasteiger partial charge in [0.15, 0.2) is 11.5 Å². The van der Waals surface area contributed by atoms with E-state index < -0.39 is 22.9 Å². The fourth-order valence-corrected chi connectivity index (χ4v) is 4.29. The monoisotopic (exact) mass is 497 g/mol. The van der Waals surface area contributed by atoms with Crippen molar-refractivity contribution in [3.8, 4) is 11.5 Å². The Morgan fingerprint density at radius 1 is 1.06 bits per heavy atom.